The highest BCUT2D eigenvalue weighted by Gasteiger charge is 2.32. The average molecular weight is 630 g/mol. The second-order valence-corrected chi connectivity index (χ2v) is 10.7. The minimum Gasteiger partial charge on any atom is -0.497 e. The smallest absolute Gasteiger partial charge is 0.416 e. The maximum Gasteiger partial charge on any atom is 0.416 e. The van der Waals surface area contributed by atoms with Gasteiger partial charge in [-0.2, -0.15) is 13.2 Å². The molecule has 0 aliphatic heterocycles. The lowest BCUT2D eigenvalue weighted by atomic mass is 9.84. The maximum atomic E-state index is 13.6. The van der Waals surface area contributed by atoms with Crippen molar-refractivity contribution in [1.82, 2.24) is 5.32 Å². The number of halogens is 3. The van der Waals surface area contributed by atoms with Crippen LogP contribution in [0.1, 0.15) is 72.5 Å². The Kier molecular flexibility index (Phi) is 12.0. The van der Waals surface area contributed by atoms with Gasteiger partial charge in [0.1, 0.15) is 5.75 Å². The number of amides is 3. The van der Waals surface area contributed by atoms with Crippen molar-refractivity contribution in [1.29, 1.82) is 0 Å². The zero-order valence-corrected chi connectivity index (χ0v) is 24.1. The molecule has 1 atom stereocenters. The maximum absolute atomic E-state index is 13.6. The highest BCUT2D eigenvalue weighted by molar-refractivity contribution is 6.02. The number of ether oxygens (including phenoxy) is 1. The number of alkyl halides is 3. The van der Waals surface area contributed by atoms with Gasteiger partial charge in [0.2, 0.25) is 0 Å². The van der Waals surface area contributed by atoms with Gasteiger partial charge < -0.3 is 25.6 Å². The summed E-state index contributed by atoms with van der Waals surface area (Å²) in [7, 11) is 1.24. The van der Waals surface area contributed by atoms with Crippen molar-refractivity contribution < 1.29 is 42.5 Å². The van der Waals surface area contributed by atoms with E-state index in [9.17, 15) is 32.7 Å². The molecule has 1 saturated carbocycles. The van der Waals surface area contributed by atoms with Crippen LogP contribution < -0.4 is 20.3 Å². The van der Waals surface area contributed by atoms with Crippen LogP contribution in [0.4, 0.5) is 29.3 Å². The Hall–Kier alpha value is -4.58. The molecule has 1 aliphatic rings. The Morgan fingerprint density at radius 3 is 2.20 bits per heavy atom. The van der Waals surface area contributed by atoms with E-state index < -0.39 is 42.3 Å². The lowest BCUT2D eigenvalue weighted by Gasteiger charge is -2.26. The van der Waals surface area contributed by atoms with E-state index in [1.807, 2.05) is 24.3 Å². The Morgan fingerprint density at radius 1 is 0.978 bits per heavy atom. The molecule has 1 fully saturated rings. The van der Waals surface area contributed by atoms with E-state index in [4.69, 9.17) is 9.84 Å². The van der Waals surface area contributed by atoms with Gasteiger partial charge in [0, 0.05) is 23.0 Å². The molecule has 0 bridgehead atoms. The molecular weight excluding hydrogens is 591 g/mol. The molecule has 242 valence electrons. The number of anilines is 2. The van der Waals surface area contributed by atoms with Gasteiger partial charge in [0.05, 0.1) is 25.8 Å². The van der Waals surface area contributed by atoms with E-state index in [1.165, 1.54) is 42.2 Å². The molecule has 12 heteroatoms. The van der Waals surface area contributed by atoms with Gasteiger partial charge in [-0.1, -0.05) is 51.0 Å². The number of aliphatic carboxylic acids is 1. The Labute approximate surface area is 260 Å². The number of carboxylic acids is 1. The number of hydrogen-bond acceptors (Lipinski definition) is 5. The van der Waals surface area contributed by atoms with Gasteiger partial charge in [-0.05, 0) is 66.3 Å². The molecule has 0 radical (unpaired) electrons. The van der Waals surface area contributed by atoms with Crippen LogP contribution in [0.2, 0.25) is 0 Å². The number of carbonyl (C=O) groups excluding carboxylic acids is 2. The summed E-state index contributed by atoms with van der Waals surface area (Å²) >= 11 is 0. The van der Waals surface area contributed by atoms with Crippen molar-refractivity contribution in [3.05, 3.63) is 89.0 Å². The van der Waals surface area contributed by atoms with E-state index >= 15 is 0 Å². The monoisotopic (exact) mass is 629 g/mol. The fourth-order valence-electron chi connectivity index (χ4n) is 5.11. The number of benzene rings is 3. The Balaban J connectivity index is 0.00000552. The summed E-state index contributed by atoms with van der Waals surface area (Å²) < 4.78 is 45.5. The third-order valence-corrected chi connectivity index (χ3v) is 7.55. The molecular formula is C33H38F3N3O6. The predicted octanol–water partition coefficient (Wildman–Crippen LogP) is 6.81. The number of carboxylic acid groups (broad SMARTS) is 1. The average Bonchev–Trinajstić information content (AvgIpc) is 3.02. The first-order valence-corrected chi connectivity index (χ1v) is 14.2. The quantitative estimate of drug-likeness (QED) is 0.195. The van der Waals surface area contributed by atoms with E-state index in [0.717, 1.165) is 37.8 Å². The lowest BCUT2D eigenvalue weighted by molar-refractivity contribution is -0.146. The molecule has 4 rings (SSSR count). The highest BCUT2D eigenvalue weighted by Crippen LogP contribution is 2.35. The lowest BCUT2D eigenvalue weighted by Crippen LogP contribution is -2.36. The number of hydrogen-bond donors (Lipinski definition) is 4. The predicted molar refractivity (Wildman–Crippen MR) is 165 cm³/mol. The van der Waals surface area contributed by atoms with Crippen LogP contribution in [0.25, 0.3) is 0 Å². The van der Waals surface area contributed by atoms with Crippen molar-refractivity contribution in [3.8, 4) is 5.75 Å². The van der Waals surface area contributed by atoms with Gasteiger partial charge in [0.15, 0.2) is 6.10 Å². The van der Waals surface area contributed by atoms with Gasteiger partial charge >= 0.3 is 18.2 Å². The second kappa shape index (κ2) is 15.4. The third-order valence-electron chi connectivity index (χ3n) is 7.55. The van der Waals surface area contributed by atoms with Crippen LogP contribution in [-0.2, 0) is 17.5 Å². The SMILES string of the molecule is C.COc1cc(NC(=O)N(Cc2ccc(C(=O)NC[C@@H](O)C(=O)O)cc2)c2ccc(C3CCCCC3)cc2)cc(C(F)(F)F)c1. The summed E-state index contributed by atoms with van der Waals surface area (Å²) in [6.45, 7) is -0.453. The fourth-order valence-corrected chi connectivity index (χ4v) is 5.11. The van der Waals surface area contributed by atoms with Crippen LogP contribution in [-0.4, -0.2) is 47.9 Å². The summed E-state index contributed by atoms with van der Waals surface area (Å²) in [4.78, 5) is 38.1. The first-order chi connectivity index (χ1) is 20.9. The summed E-state index contributed by atoms with van der Waals surface area (Å²) in [5.41, 5.74) is 1.43. The summed E-state index contributed by atoms with van der Waals surface area (Å²) in [5, 5.41) is 23.1. The van der Waals surface area contributed by atoms with Gasteiger partial charge in [-0.3, -0.25) is 9.69 Å². The first kappa shape index (κ1) is 34.9. The van der Waals surface area contributed by atoms with Crippen LogP contribution in [0, 0.1) is 0 Å². The second-order valence-electron chi connectivity index (χ2n) is 10.7. The van der Waals surface area contributed by atoms with Gasteiger partial charge in [0.25, 0.3) is 5.91 Å². The molecule has 3 aromatic rings. The zero-order valence-electron chi connectivity index (χ0n) is 24.1. The Bertz CT molecular complexity index is 1460. The van der Waals surface area contributed by atoms with Crippen LogP contribution >= 0.6 is 0 Å². The van der Waals surface area contributed by atoms with Crippen molar-refractivity contribution in [2.24, 2.45) is 0 Å². The summed E-state index contributed by atoms with van der Waals surface area (Å²) in [6.07, 6.45) is -0.667. The molecule has 3 aromatic carbocycles. The van der Waals surface area contributed by atoms with Crippen molar-refractivity contribution >= 4 is 29.3 Å². The number of methoxy groups -OCH3 is 1. The third kappa shape index (κ3) is 9.45. The standard InChI is InChI=1S/C32H34F3N3O6.CH4/c1-44-27-16-24(32(33,34)35)15-25(17-27)37-31(43)38(26-13-11-22(12-14-26)21-5-3-2-4-6-21)19-20-7-9-23(10-8-20)29(40)36-18-28(39)30(41)42;/h7-17,21,28,39H,2-6,18-19H2,1H3,(H,36,40)(H,37,43)(H,41,42);1H4/t28-;/m1./s1. The van der Waals surface area contributed by atoms with E-state index in [2.05, 4.69) is 10.6 Å². The molecule has 0 spiro atoms. The Morgan fingerprint density at radius 2 is 1.62 bits per heavy atom. The van der Waals surface area contributed by atoms with Crippen molar-refractivity contribution in [2.75, 3.05) is 23.9 Å². The summed E-state index contributed by atoms with van der Waals surface area (Å²) in [5.74, 6) is -1.69. The van der Waals surface area contributed by atoms with Crippen LogP contribution in [0.5, 0.6) is 5.75 Å². The van der Waals surface area contributed by atoms with Crippen molar-refractivity contribution in [2.45, 2.75) is 64.3 Å². The number of aliphatic hydroxyl groups is 1. The van der Waals surface area contributed by atoms with Crippen molar-refractivity contribution in [3.63, 3.8) is 0 Å². The summed E-state index contributed by atoms with van der Waals surface area (Å²) in [6, 6.07) is 16.0. The molecule has 0 saturated heterocycles. The van der Waals surface area contributed by atoms with Gasteiger partial charge in [-0.15, -0.1) is 0 Å². The molecule has 3 amide bonds. The minimum absolute atomic E-state index is 0. The topological polar surface area (TPSA) is 128 Å². The normalized spacial score (nSPS) is 14.1. The molecule has 0 unspecified atom stereocenters. The minimum atomic E-state index is -4.65. The molecule has 9 nitrogen and oxygen atoms in total. The molecule has 45 heavy (non-hydrogen) atoms. The van der Waals surface area contributed by atoms with Crippen LogP contribution in [0.15, 0.2) is 66.7 Å². The molecule has 0 heterocycles. The number of aliphatic hydroxyl groups excluding tert-OH is 1. The van der Waals surface area contributed by atoms with E-state index in [0.29, 0.717) is 17.2 Å². The number of carbonyl (C=O) groups is 3. The molecule has 1 aliphatic carbocycles. The zero-order chi connectivity index (χ0) is 31.9. The molecule has 0 aromatic heterocycles. The number of nitrogens with zero attached hydrogens (tertiary/aromatic N) is 1. The number of rotatable bonds is 10. The van der Waals surface area contributed by atoms with E-state index in [1.54, 1.807) is 12.1 Å². The number of urea groups is 1. The van der Waals surface area contributed by atoms with Gasteiger partial charge in [-0.25, -0.2) is 9.59 Å². The first-order valence-electron chi connectivity index (χ1n) is 14.2. The van der Waals surface area contributed by atoms with E-state index in [-0.39, 0.29) is 31.0 Å². The van der Waals surface area contributed by atoms with Crippen LogP contribution in [0.3, 0.4) is 0 Å². The number of nitrogens with one attached hydrogen (secondary N) is 2. The fraction of sp³-hybridized carbons (Fsp3) is 0.364. The molecule has 4 N–H and O–H groups in total. The highest BCUT2D eigenvalue weighted by atomic mass is 19.4. The largest absolute Gasteiger partial charge is 0.497 e.